The van der Waals surface area contributed by atoms with Crippen molar-refractivity contribution < 1.29 is 18.7 Å². The van der Waals surface area contributed by atoms with Gasteiger partial charge < -0.3 is 9.47 Å². The quantitative estimate of drug-likeness (QED) is 0.684. The molecule has 2 saturated heterocycles. The van der Waals surface area contributed by atoms with E-state index in [4.69, 9.17) is 9.47 Å². The Morgan fingerprint density at radius 1 is 1.11 bits per heavy atom. The predicted octanol–water partition coefficient (Wildman–Crippen LogP) is 4.98. The first-order valence-corrected chi connectivity index (χ1v) is 9.70. The van der Waals surface area contributed by atoms with E-state index >= 15 is 0 Å². The SMILES string of the molecule is CC1(CC2(c3ccccc3)CCN(C(C)(C)c3ccc(F)cc3)C(=O)O2)CO1. The van der Waals surface area contributed by atoms with E-state index < -0.39 is 11.1 Å². The monoisotopic (exact) mass is 383 g/mol. The minimum atomic E-state index is -0.695. The highest BCUT2D eigenvalue weighted by molar-refractivity contribution is 5.71. The summed E-state index contributed by atoms with van der Waals surface area (Å²) in [5, 5.41) is 0. The van der Waals surface area contributed by atoms with E-state index in [9.17, 15) is 9.18 Å². The van der Waals surface area contributed by atoms with E-state index in [0.29, 0.717) is 26.0 Å². The minimum absolute atomic E-state index is 0.245. The van der Waals surface area contributed by atoms with Crippen LogP contribution in [0.1, 0.15) is 44.7 Å². The van der Waals surface area contributed by atoms with E-state index in [-0.39, 0.29) is 17.5 Å². The van der Waals surface area contributed by atoms with Crippen LogP contribution in [0.2, 0.25) is 0 Å². The molecule has 2 aromatic carbocycles. The summed E-state index contributed by atoms with van der Waals surface area (Å²) in [4.78, 5) is 14.9. The van der Waals surface area contributed by atoms with Crippen molar-refractivity contribution in [3.8, 4) is 0 Å². The Morgan fingerprint density at radius 3 is 2.32 bits per heavy atom. The van der Waals surface area contributed by atoms with Gasteiger partial charge in [-0.15, -0.1) is 0 Å². The van der Waals surface area contributed by atoms with Gasteiger partial charge in [-0.25, -0.2) is 9.18 Å². The minimum Gasteiger partial charge on any atom is -0.438 e. The van der Waals surface area contributed by atoms with Crippen molar-refractivity contribution in [3.63, 3.8) is 0 Å². The molecule has 2 atom stereocenters. The summed E-state index contributed by atoms with van der Waals surface area (Å²) < 4.78 is 25.1. The van der Waals surface area contributed by atoms with Gasteiger partial charge in [-0.2, -0.15) is 0 Å². The Kier molecular flexibility index (Phi) is 4.46. The van der Waals surface area contributed by atoms with Gasteiger partial charge in [0.15, 0.2) is 0 Å². The third-order valence-corrected chi connectivity index (χ3v) is 6.06. The van der Waals surface area contributed by atoms with Gasteiger partial charge in [0.25, 0.3) is 0 Å². The van der Waals surface area contributed by atoms with Crippen molar-refractivity contribution in [2.24, 2.45) is 0 Å². The van der Waals surface area contributed by atoms with Gasteiger partial charge >= 0.3 is 6.09 Å². The number of benzene rings is 2. The first-order valence-electron chi connectivity index (χ1n) is 9.70. The van der Waals surface area contributed by atoms with Crippen LogP contribution in [0.25, 0.3) is 0 Å². The molecule has 2 fully saturated rings. The number of rotatable bonds is 5. The second-order valence-electron chi connectivity index (χ2n) is 8.61. The van der Waals surface area contributed by atoms with E-state index in [1.807, 2.05) is 44.2 Å². The highest BCUT2D eigenvalue weighted by Gasteiger charge is 2.53. The normalized spacial score (nSPS) is 27.4. The molecular weight excluding hydrogens is 357 g/mol. The van der Waals surface area contributed by atoms with Gasteiger partial charge in [-0.3, -0.25) is 4.90 Å². The van der Waals surface area contributed by atoms with Crippen molar-refractivity contribution >= 4 is 6.09 Å². The molecule has 2 aromatic rings. The van der Waals surface area contributed by atoms with Crippen LogP contribution in [0.15, 0.2) is 54.6 Å². The smallest absolute Gasteiger partial charge is 0.411 e. The van der Waals surface area contributed by atoms with Gasteiger partial charge in [0, 0.05) is 19.4 Å². The summed E-state index contributed by atoms with van der Waals surface area (Å²) in [5.41, 5.74) is 0.326. The number of cyclic esters (lactones) is 1. The number of epoxide rings is 1. The summed E-state index contributed by atoms with van der Waals surface area (Å²) in [6.45, 7) is 7.21. The van der Waals surface area contributed by atoms with Crippen LogP contribution in [-0.2, 0) is 20.6 Å². The maximum atomic E-state index is 13.3. The lowest BCUT2D eigenvalue weighted by atomic mass is 9.80. The average molecular weight is 383 g/mol. The van der Waals surface area contributed by atoms with Gasteiger partial charge in [0.1, 0.15) is 11.4 Å². The number of carbonyl (C=O) groups excluding carboxylic acids is 1. The second-order valence-corrected chi connectivity index (χ2v) is 8.61. The Hall–Kier alpha value is -2.40. The molecule has 2 aliphatic heterocycles. The highest BCUT2D eigenvalue weighted by atomic mass is 19.1. The topological polar surface area (TPSA) is 42.1 Å². The fourth-order valence-corrected chi connectivity index (χ4v) is 4.18. The fourth-order valence-electron chi connectivity index (χ4n) is 4.18. The molecule has 0 radical (unpaired) electrons. The summed E-state index contributed by atoms with van der Waals surface area (Å²) >= 11 is 0. The first-order chi connectivity index (χ1) is 13.2. The van der Waals surface area contributed by atoms with Crippen LogP contribution in [0.3, 0.4) is 0 Å². The molecule has 0 aliphatic carbocycles. The maximum absolute atomic E-state index is 13.3. The lowest BCUT2D eigenvalue weighted by molar-refractivity contribution is -0.0866. The molecule has 148 valence electrons. The molecule has 0 spiro atoms. The first kappa shape index (κ1) is 18.9. The van der Waals surface area contributed by atoms with E-state index in [0.717, 1.165) is 11.1 Å². The van der Waals surface area contributed by atoms with E-state index in [2.05, 4.69) is 6.92 Å². The van der Waals surface area contributed by atoms with Gasteiger partial charge in [-0.05, 0) is 44.0 Å². The molecule has 0 saturated carbocycles. The van der Waals surface area contributed by atoms with Gasteiger partial charge in [-0.1, -0.05) is 42.5 Å². The second kappa shape index (κ2) is 6.59. The average Bonchev–Trinajstić information content (AvgIpc) is 3.39. The van der Waals surface area contributed by atoms with Crippen LogP contribution >= 0.6 is 0 Å². The molecule has 0 bridgehead atoms. The molecule has 4 nitrogen and oxygen atoms in total. The third-order valence-electron chi connectivity index (χ3n) is 6.06. The Labute approximate surface area is 165 Å². The zero-order valence-electron chi connectivity index (χ0n) is 16.6. The lowest BCUT2D eigenvalue weighted by Gasteiger charge is -2.47. The van der Waals surface area contributed by atoms with Crippen molar-refractivity contribution in [2.45, 2.75) is 50.4 Å². The van der Waals surface area contributed by atoms with Crippen molar-refractivity contribution in [3.05, 3.63) is 71.5 Å². The number of hydrogen-bond acceptors (Lipinski definition) is 3. The van der Waals surface area contributed by atoms with Crippen molar-refractivity contribution in [1.82, 2.24) is 4.90 Å². The van der Waals surface area contributed by atoms with Crippen molar-refractivity contribution in [2.75, 3.05) is 13.2 Å². The molecule has 1 amide bonds. The Bertz CT molecular complexity index is 861. The Morgan fingerprint density at radius 2 is 1.75 bits per heavy atom. The standard InChI is InChI=1S/C23H26FNO3/c1-21(2,17-9-11-19(24)12-10-17)25-14-13-23(28-20(25)26,15-22(3)16-27-22)18-7-5-4-6-8-18/h4-12H,13-16H2,1-3H3. The number of carbonyl (C=O) groups is 1. The highest BCUT2D eigenvalue weighted by Crippen LogP contribution is 2.47. The third kappa shape index (κ3) is 3.39. The summed E-state index contributed by atoms with van der Waals surface area (Å²) in [6, 6.07) is 16.2. The molecule has 2 aliphatic rings. The maximum Gasteiger partial charge on any atom is 0.411 e. The van der Waals surface area contributed by atoms with E-state index in [1.54, 1.807) is 17.0 Å². The molecule has 28 heavy (non-hydrogen) atoms. The lowest BCUT2D eigenvalue weighted by Crippen LogP contribution is -2.55. The molecule has 2 unspecified atom stereocenters. The largest absolute Gasteiger partial charge is 0.438 e. The summed E-state index contributed by atoms with van der Waals surface area (Å²) in [5.74, 6) is -0.290. The molecule has 0 aromatic heterocycles. The molecule has 2 heterocycles. The fraction of sp³-hybridized carbons (Fsp3) is 0.435. The van der Waals surface area contributed by atoms with Crippen LogP contribution in [-0.4, -0.2) is 29.7 Å². The van der Waals surface area contributed by atoms with E-state index in [1.165, 1.54) is 12.1 Å². The van der Waals surface area contributed by atoms with Gasteiger partial charge in [0.05, 0.1) is 17.7 Å². The number of ether oxygens (including phenoxy) is 2. The molecular formula is C23H26FNO3. The number of nitrogens with zero attached hydrogens (tertiary/aromatic N) is 1. The summed E-state index contributed by atoms with van der Waals surface area (Å²) in [7, 11) is 0. The zero-order chi connectivity index (χ0) is 20.0. The van der Waals surface area contributed by atoms with Crippen LogP contribution < -0.4 is 0 Å². The number of amides is 1. The predicted molar refractivity (Wildman–Crippen MR) is 104 cm³/mol. The van der Waals surface area contributed by atoms with Crippen LogP contribution in [0.4, 0.5) is 9.18 Å². The molecule has 0 N–H and O–H groups in total. The summed E-state index contributed by atoms with van der Waals surface area (Å²) in [6.07, 6.45) is 0.959. The number of hydrogen-bond donors (Lipinski definition) is 0. The Balaban J connectivity index is 1.62. The van der Waals surface area contributed by atoms with Crippen molar-refractivity contribution in [1.29, 1.82) is 0 Å². The molecule has 4 rings (SSSR count). The number of halogens is 1. The van der Waals surface area contributed by atoms with Gasteiger partial charge in [0.2, 0.25) is 0 Å². The van der Waals surface area contributed by atoms with Crippen LogP contribution in [0.5, 0.6) is 0 Å². The zero-order valence-corrected chi connectivity index (χ0v) is 16.6. The van der Waals surface area contributed by atoms with Crippen LogP contribution in [0, 0.1) is 5.82 Å². The molecule has 5 heteroatoms.